The summed E-state index contributed by atoms with van der Waals surface area (Å²) >= 11 is 0. The predicted octanol–water partition coefficient (Wildman–Crippen LogP) is 2.98. The molecule has 0 N–H and O–H groups in total. The molecule has 0 saturated carbocycles. The zero-order chi connectivity index (χ0) is 15.1. The lowest BCUT2D eigenvalue weighted by molar-refractivity contribution is -0.155. The Labute approximate surface area is 127 Å². The Bertz CT molecular complexity index is 806. The van der Waals surface area contributed by atoms with Crippen LogP contribution in [0.5, 0.6) is 0 Å². The van der Waals surface area contributed by atoms with Crippen LogP contribution in [0.4, 0.5) is 0 Å². The van der Waals surface area contributed by atoms with Gasteiger partial charge in [-0.15, -0.1) is 0 Å². The van der Waals surface area contributed by atoms with Crippen LogP contribution in [0, 0.1) is 11.3 Å². The smallest absolute Gasteiger partial charge is 0.321 e. The van der Waals surface area contributed by atoms with E-state index in [1.165, 1.54) is 11.1 Å². The highest BCUT2D eigenvalue weighted by Gasteiger charge is 2.67. The van der Waals surface area contributed by atoms with Gasteiger partial charge in [-0.3, -0.25) is 9.59 Å². The highest BCUT2D eigenvalue weighted by Crippen LogP contribution is 2.66. The topological polar surface area (TPSA) is 43.4 Å². The zero-order valence-corrected chi connectivity index (χ0v) is 12.1. The van der Waals surface area contributed by atoms with Crippen LogP contribution in [0.25, 0.3) is 0 Å². The lowest BCUT2D eigenvalue weighted by Gasteiger charge is -2.50. The molecular formula is C19H14O3. The molecule has 0 aromatic heterocycles. The van der Waals surface area contributed by atoms with E-state index in [-0.39, 0.29) is 23.8 Å². The Hall–Kier alpha value is -2.42. The van der Waals surface area contributed by atoms with E-state index in [4.69, 9.17) is 4.74 Å². The molecule has 2 bridgehead atoms. The first kappa shape index (κ1) is 12.2. The summed E-state index contributed by atoms with van der Waals surface area (Å²) in [6, 6.07) is 16.3. The van der Waals surface area contributed by atoms with Gasteiger partial charge in [-0.05, 0) is 29.2 Å². The average Bonchev–Trinajstić information content (AvgIpc) is 2.77. The van der Waals surface area contributed by atoms with E-state index < -0.39 is 11.3 Å². The van der Waals surface area contributed by atoms with E-state index in [0.29, 0.717) is 0 Å². The number of ether oxygens (including phenoxy) is 1. The van der Waals surface area contributed by atoms with Gasteiger partial charge in [-0.2, -0.15) is 0 Å². The average molecular weight is 290 g/mol. The molecule has 2 atom stereocenters. The SMILES string of the molecule is C[C@]12C(=O)OC(=O)[C@H]1C1c3ccccc3C2c2ccccc21. The normalized spacial score (nSPS) is 34.0. The Morgan fingerprint density at radius 2 is 1.36 bits per heavy atom. The van der Waals surface area contributed by atoms with Crippen molar-refractivity contribution in [3.8, 4) is 0 Å². The molecule has 0 spiro atoms. The van der Waals surface area contributed by atoms with Gasteiger partial charge in [0.25, 0.3) is 0 Å². The van der Waals surface area contributed by atoms with Crippen LogP contribution < -0.4 is 0 Å². The molecule has 3 nitrogen and oxygen atoms in total. The summed E-state index contributed by atoms with van der Waals surface area (Å²) in [6.45, 7) is 1.90. The summed E-state index contributed by atoms with van der Waals surface area (Å²) in [5.74, 6) is -1.34. The fourth-order valence-corrected chi connectivity index (χ4v) is 4.87. The van der Waals surface area contributed by atoms with Gasteiger partial charge in [0.15, 0.2) is 0 Å². The molecule has 6 rings (SSSR count). The lowest BCUT2D eigenvalue weighted by Crippen LogP contribution is -2.49. The minimum Gasteiger partial charge on any atom is -0.392 e. The van der Waals surface area contributed by atoms with Gasteiger partial charge >= 0.3 is 11.9 Å². The molecule has 108 valence electrons. The van der Waals surface area contributed by atoms with Crippen molar-refractivity contribution in [2.24, 2.45) is 11.3 Å². The van der Waals surface area contributed by atoms with Gasteiger partial charge in [0.1, 0.15) is 0 Å². The molecule has 2 aromatic rings. The molecule has 0 radical (unpaired) electrons. The van der Waals surface area contributed by atoms with E-state index in [1.54, 1.807) is 0 Å². The highest BCUT2D eigenvalue weighted by atomic mass is 16.6. The molecule has 0 unspecified atom stereocenters. The number of hydrogen-bond acceptors (Lipinski definition) is 3. The van der Waals surface area contributed by atoms with Crippen molar-refractivity contribution in [1.82, 2.24) is 0 Å². The van der Waals surface area contributed by atoms with Crippen molar-refractivity contribution in [2.45, 2.75) is 18.8 Å². The minimum atomic E-state index is -0.787. The molecule has 4 aliphatic rings. The van der Waals surface area contributed by atoms with E-state index in [2.05, 4.69) is 24.3 Å². The standard InChI is InChI=1S/C19H14O3/c1-19-15-12-8-4-2-6-10(12)14(11-7-3-5-9-13(11)15)16(19)17(20)22-18(19)21/h2-9,14-16H,1H3/t14?,15?,16-,19-/m1/s1. The summed E-state index contributed by atoms with van der Waals surface area (Å²) in [6.07, 6.45) is 0. The van der Waals surface area contributed by atoms with Crippen LogP contribution in [-0.2, 0) is 14.3 Å². The van der Waals surface area contributed by atoms with Crippen LogP contribution in [0.3, 0.4) is 0 Å². The maximum absolute atomic E-state index is 12.5. The van der Waals surface area contributed by atoms with Crippen LogP contribution in [0.15, 0.2) is 48.5 Å². The second kappa shape index (κ2) is 3.67. The summed E-state index contributed by atoms with van der Waals surface area (Å²) in [7, 11) is 0. The Morgan fingerprint density at radius 1 is 0.864 bits per heavy atom. The van der Waals surface area contributed by atoms with Crippen molar-refractivity contribution in [1.29, 1.82) is 0 Å². The van der Waals surface area contributed by atoms with Crippen molar-refractivity contribution < 1.29 is 14.3 Å². The van der Waals surface area contributed by atoms with E-state index in [9.17, 15) is 9.59 Å². The molecular weight excluding hydrogens is 276 g/mol. The molecule has 1 heterocycles. The van der Waals surface area contributed by atoms with Crippen molar-refractivity contribution in [2.75, 3.05) is 0 Å². The first-order valence-electron chi connectivity index (χ1n) is 7.58. The number of esters is 2. The summed E-state index contributed by atoms with van der Waals surface area (Å²) in [5.41, 5.74) is 3.87. The number of hydrogen-bond donors (Lipinski definition) is 0. The van der Waals surface area contributed by atoms with Crippen LogP contribution >= 0.6 is 0 Å². The number of rotatable bonds is 0. The van der Waals surface area contributed by atoms with E-state index >= 15 is 0 Å². The lowest BCUT2D eigenvalue weighted by atomic mass is 9.48. The third-order valence-corrected chi connectivity index (χ3v) is 5.75. The summed E-state index contributed by atoms with van der Waals surface area (Å²) in [5, 5.41) is 0. The first-order chi connectivity index (χ1) is 10.6. The van der Waals surface area contributed by atoms with E-state index in [1.807, 2.05) is 31.2 Å². The third kappa shape index (κ3) is 1.12. The highest BCUT2D eigenvalue weighted by molar-refractivity contribution is 6.02. The summed E-state index contributed by atoms with van der Waals surface area (Å²) < 4.78 is 5.08. The molecule has 1 aliphatic heterocycles. The molecule has 1 fully saturated rings. The second-order valence-electron chi connectivity index (χ2n) is 6.64. The fraction of sp³-hybridized carbons (Fsp3) is 0.263. The first-order valence-corrected chi connectivity index (χ1v) is 7.58. The third-order valence-electron chi connectivity index (χ3n) is 5.75. The monoisotopic (exact) mass is 290 g/mol. The van der Waals surface area contributed by atoms with E-state index in [0.717, 1.165) is 11.1 Å². The van der Waals surface area contributed by atoms with Gasteiger partial charge in [-0.1, -0.05) is 48.5 Å². The van der Waals surface area contributed by atoms with Gasteiger partial charge in [-0.25, -0.2) is 0 Å². The largest absolute Gasteiger partial charge is 0.392 e. The maximum Gasteiger partial charge on any atom is 0.321 e. The van der Waals surface area contributed by atoms with Gasteiger partial charge in [0.05, 0.1) is 11.3 Å². The van der Waals surface area contributed by atoms with Gasteiger partial charge in [0, 0.05) is 11.8 Å². The molecule has 3 aliphatic carbocycles. The van der Waals surface area contributed by atoms with Crippen LogP contribution in [-0.4, -0.2) is 11.9 Å². The second-order valence-corrected chi connectivity index (χ2v) is 6.64. The Morgan fingerprint density at radius 3 is 1.91 bits per heavy atom. The van der Waals surface area contributed by atoms with Crippen molar-refractivity contribution in [3.63, 3.8) is 0 Å². The van der Waals surface area contributed by atoms with Gasteiger partial charge in [0.2, 0.25) is 0 Å². The molecule has 1 saturated heterocycles. The van der Waals surface area contributed by atoms with Crippen molar-refractivity contribution >= 4 is 11.9 Å². The van der Waals surface area contributed by atoms with Crippen LogP contribution in [0.1, 0.15) is 41.0 Å². The zero-order valence-electron chi connectivity index (χ0n) is 12.1. The quantitative estimate of drug-likeness (QED) is 0.553. The molecule has 0 amide bonds. The molecule has 2 aromatic carbocycles. The number of carbonyl (C=O) groups is 2. The number of carbonyl (C=O) groups excluding carboxylic acids is 2. The maximum atomic E-state index is 12.5. The minimum absolute atomic E-state index is 0.0821. The number of cyclic esters (lactones) is 2. The Balaban J connectivity index is 1.92. The van der Waals surface area contributed by atoms with Crippen LogP contribution in [0.2, 0.25) is 0 Å². The molecule has 3 heteroatoms. The van der Waals surface area contributed by atoms with Crippen molar-refractivity contribution in [3.05, 3.63) is 70.8 Å². The number of benzene rings is 2. The fourth-order valence-electron chi connectivity index (χ4n) is 4.87. The van der Waals surface area contributed by atoms with Gasteiger partial charge < -0.3 is 4.74 Å². The summed E-state index contributed by atoms with van der Waals surface area (Å²) in [4.78, 5) is 24.9. The predicted molar refractivity (Wildman–Crippen MR) is 79.3 cm³/mol. The molecule has 22 heavy (non-hydrogen) atoms. The Kier molecular flexibility index (Phi) is 2.03.